The fraction of sp³-hybridized carbons (Fsp3) is 0.500. The molecule has 5 N–H and O–H groups in total. The number of fused-ring (bicyclic) bond motifs is 2. The zero-order valence-corrected chi connectivity index (χ0v) is 37.8. The number of anilines is 1. The zero-order valence-electron chi connectivity index (χ0n) is 36.2. The van der Waals surface area contributed by atoms with Gasteiger partial charge in [0.25, 0.3) is 12.9 Å². The Kier molecular flexibility index (Phi) is 19.0. The number of carbonyl (C=O) groups is 4. The first-order valence-electron chi connectivity index (χ1n) is 18.7. The van der Waals surface area contributed by atoms with Gasteiger partial charge in [0.2, 0.25) is 11.8 Å². The van der Waals surface area contributed by atoms with Gasteiger partial charge in [-0.1, -0.05) is 15.9 Å². The fourth-order valence-electron chi connectivity index (χ4n) is 4.20. The van der Waals surface area contributed by atoms with Crippen molar-refractivity contribution in [1.82, 2.24) is 19.9 Å². The second-order valence-corrected chi connectivity index (χ2v) is 17.1. The average molecular weight is 964 g/mol. The first-order chi connectivity index (χ1) is 28.9. The molecule has 0 atom stereocenters. The molecule has 4 aromatic rings. The second kappa shape index (κ2) is 22.5. The smallest absolute Gasteiger partial charge is 0.480 e. The number of ether oxygens (including phenoxy) is 6. The number of benzene rings is 2. The van der Waals surface area contributed by atoms with Crippen molar-refractivity contribution in [2.45, 2.75) is 104 Å². The van der Waals surface area contributed by atoms with E-state index in [9.17, 15) is 41.8 Å². The lowest BCUT2D eigenvalue weighted by molar-refractivity contribution is -0.142. The Morgan fingerprint density at radius 3 is 1.41 bits per heavy atom. The lowest BCUT2D eigenvalue weighted by Gasteiger charge is -2.22. The van der Waals surface area contributed by atoms with E-state index in [4.69, 9.17) is 39.3 Å². The molecule has 0 amide bonds. The molecule has 0 fully saturated rings. The van der Waals surface area contributed by atoms with Gasteiger partial charge in [-0.2, -0.15) is 9.97 Å². The largest absolute Gasteiger partial charge is 0.508 e. The highest BCUT2D eigenvalue weighted by Gasteiger charge is 2.27. The maximum Gasteiger partial charge on any atom is 0.508 e. The summed E-state index contributed by atoms with van der Waals surface area (Å²) in [6, 6.07) is 9.39. The Balaban J connectivity index is 0.000000382. The molecule has 2 heterocycles. The lowest BCUT2D eigenvalue weighted by Crippen LogP contribution is -2.41. The van der Waals surface area contributed by atoms with E-state index in [-0.39, 0.29) is 49.1 Å². The van der Waals surface area contributed by atoms with Crippen LogP contribution in [0.25, 0.3) is 21.8 Å². The third-order valence-corrected chi connectivity index (χ3v) is 7.61. The summed E-state index contributed by atoms with van der Waals surface area (Å²) in [5.74, 6) is -3.56. The molecule has 63 heavy (non-hydrogen) atoms. The van der Waals surface area contributed by atoms with E-state index in [1.54, 1.807) is 59.7 Å². The number of alkyl halides is 4. The molecular formula is C40H51BrF4N6O12. The third-order valence-electron chi connectivity index (χ3n) is 7.11. The van der Waals surface area contributed by atoms with Crippen LogP contribution in [0.2, 0.25) is 0 Å². The monoisotopic (exact) mass is 962 g/mol. The number of hydrogen-bond donors (Lipinski definition) is 4. The molecule has 0 aliphatic carbocycles. The van der Waals surface area contributed by atoms with Crippen molar-refractivity contribution in [2.75, 3.05) is 31.7 Å². The van der Waals surface area contributed by atoms with Crippen LogP contribution in [0.5, 0.6) is 11.8 Å². The molecule has 0 unspecified atom stereocenters. The van der Waals surface area contributed by atoms with Gasteiger partial charge >= 0.3 is 24.2 Å². The predicted molar refractivity (Wildman–Crippen MR) is 223 cm³/mol. The first-order valence-corrected chi connectivity index (χ1v) is 19.5. The topological polar surface area (TPSA) is 254 Å². The fourth-order valence-corrected chi connectivity index (χ4v) is 4.56. The summed E-state index contributed by atoms with van der Waals surface area (Å²) in [6.45, 7) is 15.4. The van der Waals surface area contributed by atoms with Gasteiger partial charge in [-0.3, -0.25) is 4.79 Å². The summed E-state index contributed by atoms with van der Waals surface area (Å²) in [4.78, 5) is 59.4. The summed E-state index contributed by atoms with van der Waals surface area (Å²) in [6.07, 6.45) is -7.47. The SMILES string of the molecule is CC(C)(C)OC(=O)OCCOc1nc(C(F)F)nc2ccc(Br)cc12.CC(C)(C)OC(=O)OCCOc1nc(C(F)F)nc2ccc(NC(C)(C)C(=O)O)cc12.CC(C)(N)C(=O)O. The highest BCUT2D eigenvalue weighted by atomic mass is 79.9. The maximum absolute atomic E-state index is 13.2. The summed E-state index contributed by atoms with van der Waals surface area (Å²) >= 11 is 3.30. The molecule has 4 rings (SSSR count). The van der Waals surface area contributed by atoms with Crippen LogP contribution in [0, 0.1) is 0 Å². The third kappa shape index (κ3) is 19.0. The molecule has 0 aliphatic heterocycles. The van der Waals surface area contributed by atoms with Crippen molar-refractivity contribution in [2.24, 2.45) is 5.73 Å². The minimum absolute atomic E-state index is 0.00520. The molecule has 0 saturated heterocycles. The molecule has 0 saturated carbocycles. The minimum atomic E-state index is -2.92. The quantitative estimate of drug-likeness (QED) is 0.0524. The molecule has 0 bridgehead atoms. The van der Waals surface area contributed by atoms with E-state index in [2.05, 4.69) is 41.2 Å². The van der Waals surface area contributed by atoms with Crippen molar-refractivity contribution in [3.8, 4) is 11.8 Å². The van der Waals surface area contributed by atoms with E-state index in [1.807, 2.05) is 0 Å². The van der Waals surface area contributed by atoms with E-state index in [0.29, 0.717) is 16.6 Å². The van der Waals surface area contributed by atoms with Crippen LogP contribution >= 0.6 is 15.9 Å². The number of nitrogens with two attached hydrogens (primary N) is 1. The van der Waals surface area contributed by atoms with Crippen LogP contribution in [0.15, 0.2) is 40.9 Å². The van der Waals surface area contributed by atoms with Crippen LogP contribution < -0.4 is 20.5 Å². The summed E-state index contributed by atoms with van der Waals surface area (Å²) in [5.41, 5.74) is 2.25. The highest BCUT2D eigenvalue weighted by Crippen LogP contribution is 2.31. The standard InChI is InChI=1S/C20H25F2N3O6.C16H17BrF2N2O4.C4H9NO2/c1-19(2,3)31-18(28)30-9-8-29-16-12-10-11(25-20(4,5)17(26)27)6-7-13(12)23-15(24-16)14(21)22;1-16(2,3)25-15(22)24-7-6-23-14-10-8-9(17)4-5-11(10)20-13(21-14)12(18)19;1-4(2,5)3(6)7/h6-7,10,14,25H,8-9H2,1-5H3,(H,26,27);4-5,8,12H,6-7H2,1-3H3;5H2,1-2H3,(H,6,7). The van der Waals surface area contributed by atoms with E-state index < -0.39 is 71.0 Å². The number of hydrogen-bond acceptors (Lipinski definition) is 16. The Labute approximate surface area is 368 Å². The molecule has 0 aliphatic rings. The number of carbonyl (C=O) groups excluding carboxylic acids is 2. The van der Waals surface area contributed by atoms with Gasteiger partial charge in [0.05, 0.1) is 21.8 Å². The summed E-state index contributed by atoms with van der Waals surface area (Å²) < 4.78 is 83.5. The molecule has 0 radical (unpaired) electrons. The summed E-state index contributed by atoms with van der Waals surface area (Å²) in [7, 11) is 0. The second-order valence-electron chi connectivity index (χ2n) is 16.2. The lowest BCUT2D eigenvalue weighted by atomic mass is 10.1. The van der Waals surface area contributed by atoms with Gasteiger partial charge in [-0.15, -0.1) is 0 Å². The Bertz CT molecular complexity index is 2210. The molecule has 18 nitrogen and oxygen atoms in total. The van der Waals surface area contributed by atoms with Gasteiger partial charge in [-0.25, -0.2) is 41.9 Å². The van der Waals surface area contributed by atoms with Crippen molar-refractivity contribution in [3.63, 3.8) is 0 Å². The average Bonchev–Trinajstić information content (AvgIpc) is 3.13. The molecule has 2 aromatic carbocycles. The van der Waals surface area contributed by atoms with Crippen LogP contribution in [-0.4, -0.2) is 103 Å². The number of nitrogens with one attached hydrogen (secondary N) is 1. The van der Waals surface area contributed by atoms with Crippen LogP contribution in [0.4, 0.5) is 32.8 Å². The highest BCUT2D eigenvalue weighted by molar-refractivity contribution is 9.10. The van der Waals surface area contributed by atoms with Crippen LogP contribution in [-0.2, 0) is 28.5 Å². The first kappa shape index (κ1) is 53.3. The van der Waals surface area contributed by atoms with E-state index >= 15 is 0 Å². The Hall–Kier alpha value is -5.84. The number of carboxylic acids is 2. The molecular weight excluding hydrogens is 912 g/mol. The van der Waals surface area contributed by atoms with Crippen molar-refractivity contribution in [3.05, 3.63) is 52.5 Å². The summed E-state index contributed by atoms with van der Waals surface area (Å²) in [5, 5.41) is 21.0. The van der Waals surface area contributed by atoms with E-state index in [0.717, 1.165) is 4.47 Å². The molecule has 348 valence electrons. The Morgan fingerprint density at radius 1 is 0.651 bits per heavy atom. The van der Waals surface area contributed by atoms with Crippen LogP contribution in [0.3, 0.4) is 0 Å². The zero-order chi connectivity index (χ0) is 48.1. The Morgan fingerprint density at radius 2 is 1.05 bits per heavy atom. The van der Waals surface area contributed by atoms with E-state index in [1.165, 1.54) is 45.9 Å². The van der Waals surface area contributed by atoms with Crippen molar-refractivity contribution < 1.29 is 75.4 Å². The maximum atomic E-state index is 13.2. The van der Waals surface area contributed by atoms with Gasteiger partial charge in [0.15, 0.2) is 11.6 Å². The number of halogens is 5. The van der Waals surface area contributed by atoms with Crippen molar-refractivity contribution >= 4 is 67.7 Å². The normalized spacial score (nSPS) is 11.8. The van der Waals surface area contributed by atoms with Gasteiger partial charge in [0.1, 0.15) is 48.7 Å². The number of aliphatic carboxylic acids is 2. The number of aromatic nitrogens is 4. The van der Waals surface area contributed by atoms with Gasteiger partial charge < -0.3 is 49.7 Å². The molecule has 0 spiro atoms. The predicted octanol–water partition coefficient (Wildman–Crippen LogP) is 8.64. The van der Waals surface area contributed by atoms with Gasteiger partial charge in [-0.05, 0) is 106 Å². The number of carboxylic acid groups (broad SMARTS) is 2. The van der Waals surface area contributed by atoms with Gasteiger partial charge in [0, 0.05) is 10.2 Å². The number of nitrogens with zero attached hydrogens (tertiary/aromatic N) is 4. The number of rotatable bonds is 14. The van der Waals surface area contributed by atoms with Crippen LogP contribution in [0.1, 0.15) is 93.7 Å². The molecule has 2 aromatic heterocycles. The van der Waals surface area contributed by atoms with Crippen molar-refractivity contribution in [1.29, 1.82) is 0 Å². The minimum Gasteiger partial charge on any atom is -0.480 e. The molecule has 23 heteroatoms.